The van der Waals surface area contributed by atoms with Crippen molar-refractivity contribution in [3.63, 3.8) is 0 Å². The topological polar surface area (TPSA) is 71.7 Å². The van der Waals surface area contributed by atoms with Gasteiger partial charge in [0.15, 0.2) is 6.17 Å². The first-order chi connectivity index (χ1) is 17.4. The van der Waals surface area contributed by atoms with Crippen molar-refractivity contribution in [2.75, 3.05) is 13.1 Å². The second-order valence-corrected chi connectivity index (χ2v) is 9.44. The second-order valence-electron chi connectivity index (χ2n) is 9.00. The number of carbonyl (C=O) groups excluding carboxylic acids is 1. The first-order valence-corrected chi connectivity index (χ1v) is 12.7. The summed E-state index contributed by atoms with van der Waals surface area (Å²) in [6.07, 6.45) is 5.00. The number of rotatable bonds is 9. The minimum absolute atomic E-state index is 0.0641. The monoisotopic (exact) mass is 503 g/mol. The van der Waals surface area contributed by atoms with Crippen LogP contribution in [0.5, 0.6) is 0 Å². The Hall–Kier alpha value is -3.48. The van der Waals surface area contributed by atoms with Crippen LogP contribution in [0.25, 0.3) is 5.65 Å². The number of nitrogens with zero attached hydrogens (tertiary/aromatic N) is 3. The van der Waals surface area contributed by atoms with Crippen LogP contribution in [0.2, 0.25) is 5.02 Å². The summed E-state index contributed by atoms with van der Waals surface area (Å²) in [5.74, 6) is -0.0641. The van der Waals surface area contributed by atoms with Gasteiger partial charge in [0, 0.05) is 31.0 Å². The van der Waals surface area contributed by atoms with Gasteiger partial charge < -0.3 is 5.73 Å². The van der Waals surface area contributed by atoms with Gasteiger partial charge >= 0.3 is 5.56 Å². The highest BCUT2D eigenvalue weighted by Gasteiger charge is 2.30. The van der Waals surface area contributed by atoms with Crippen molar-refractivity contribution in [1.82, 2.24) is 9.30 Å². The molecule has 0 saturated heterocycles. The minimum Gasteiger partial charge on any atom is -0.330 e. The number of benzene rings is 2. The molecular formula is C29H32ClN4O2+. The van der Waals surface area contributed by atoms with E-state index in [4.69, 9.17) is 17.3 Å². The largest absolute Gasteiger partial charge is 0.345 e. The van der Waals surface area contributed by atoms with E-state index in [2.05, 4.69) is 0 Å². The molecule has 36 heavy (non-hydrogen) atoms. The van der Waals surface area contributed by atoms with Gasteiger partial charge in [0.05, 0.1) is 10.6 Å². The second kappa shape index (κ2) is 11.5. The Labute approximate surface area is 216 Å². The average molecular weight is 504 g/mol. The number of pyridine rings is 1. The molecule has 0 aliphatic carbocycles. The molecule has 2 N–H and O–H groups in total. The molecule has 1 amide bonds. The van der Waals surface area contributed by atoms with E-state index in [-0.39, 0.29) is 17.6 Å². The van der Waals surface area contributed by atoms with Crippen molar-refractivity contribution in [2.24, 2.45) is 5.73 Å². The Morgan fingerprint density at radius 3 is 2.47 bits per heavy atom. The average Bonchev–Trinajstić information content (AvgIpc) is 2.89. The summed E-state index contributed by atoms with van der Waals surface area (Å²) in [4.78, 5) is 29.1. The number of hydrogen-bond donors (Lipinski definition) is 1. The summed E-state index contributed by atoms with van der Waals surface area (Å²) >= 11 is 6.30. The van der Waals surface area contributed by atoms with E-state index in [0.717, 1.165) is 11.1 Å². The lowest BCUT2D eigenvalue weighted by molar-refractivity contribution is -0.720. The summed E-state index contributed by atoms with van der Waals surface area (Å²) in [5.41, 5.74) is 9.77. The zero-order valence-corrected chi connectivity index (χ0v) is 21.5. The van der Waals surface area contributed by atoms with Gasteiger partial charge in [0.25, 0.3) is 11.6 Å². The lowest BCUT2D eigenvalue weighted by Crippen LogP contribution is -2.54. The van der Waals surface area contributed by atoms with E-state index in [1.54, 1.807) is 16.7 Å². The Morgan fingerprint density at radius 2 is 1.81 bits per heavy atom. The van der Waals surface area contributed by atoms with Gasteiger partial charge in [0.2, 0.25) is 0 Å². The quantitative estimate of drug-likeness (QED) is 0.341. The van der Waals surface area contributed by atoms with Crippen molar-refractivity contribution < 1.29 is 9.36 Å². The van der Waals surface area contributed by atoms with E-state index in [0.29, 0.717) is 54.1 Å². The molecule has 1 atom stereocenters. The summed E-state index contributed by atoms with van der Waals surface area (Å²) in [7, 11) is 0. The summed E-state index contributed by atoms with van der Waals surface area (Å²) in [6, 6.07) is 21.1. The van der Waals surface area contributed by atoms with E-state index in [9.17, 15) is 9.59 Å². The third-order valence-corrected chi connectivity index (χ3v) is 6.61. The lowest BCUT2D eigenvalue weighted by Gasteiger charge is -2.30. The first kappa shape index (κ1) is 25.6. The van der Waals surface area contributed by atoms with Crippen LogP contribution in [0.1, 0.15) is 53.0 Å². The van der Waals surface area contributed by atoms with Crippen molar-refractivity contribution in [1.29, 1.82) is 0 Å². The highest BCUT2D eigenvalue weighted by atomic mass is 35.5. The molecule has 4 rings (SSSR count). The van der Waals surface area contributed by atoms with Crippen molar-refractivity contribution in [3.05, 3.63) is 117 Å². The predicted molar refractivity (Wildman–Crippen MR) is 143 cm³/mol. The van der Waals surface area contributed by atoms with Crippen LogP contribution in [0.3, 0.4) is 0 Å². The molecule has 2 heterocycles. The van der Waals surface area contributed by atoms with Gasteiger partial charge in [-0.15, -0.1) is 0 Å². The van der Waals surface area contributed by atoms with Gasteiger partial charge in [-0.1, -0.05) is 66.6 Å². The molecule has 0 fully saturated rings. The van der Waals surface area contributed by atoms with Crippen LogP contribution in [-0.4, -0.2) is 28.3 Å². The number of aryl methyl sites for hydroxylation is 1. The molecule has 7 heteroatoms. The molecule has 2 aromatic heterocycles. The molecule has 0 saturated carbocycles. The number of fused-ring (bicyclic) bond motifs is 1. The summed E-state index contributed by atoms with van der Waals surface area (Å²) in [6.45, 7) is 5.02. The van der Waals surface area contributed by atoms with E-state index in [1.807, 2.05) is 90.2 Å². The predicted octanol–water partition coefficient (Wildman–Crippen LogP) is 4.54. The molecule has 0 spiro atoms. The van der Waals surface area contributed by atoms with Gasteiger partial charge in [-0.2, -0.15) is 4.40 Å². The Bertz CT molecular complexity index is 1400. The highest BCUT2D eigenvalue weighted by molar-refractivity contribution is 6.30. The maximum Gasteiger partial charge on any atom is 0.345 e. The Morgan fingerprint density at radius 1 is 1.08 bits per heavy atom. The van der Waals surface area contributed by atoms with Crippen LogP contribution in [0, 0.1) is 6.92 Å². The Kier molecular flexibility index (Phi) is 8.18. The van der Waals surface area contributed by atoms with Crippen LogP contribution in [-0.2, 0) is 6.42 Å². The number of aromatic nitrogens is 2. The molecule has 4 aromatic rings. The molecule has 186 valence electrons. The van der Waals surface area contributed by atoms with Crippen molar-refractivity contribution in [2.45, 2.75) is 39.3 Å². The standard InChI is InChI=1S/C29H32ClN4O2/c1-3-26(32(17-7-16-31)28(35)23-12-10-21(2)11-13-23)33-19-24(18-22-8-5-4-6-9-22)29(36)34-20-25(30)14-15-27(33)34/h4-6,8-15,19-20,26H,3,7,16-18,31H2,1-2H3/q+1. The zero-order chi connectivity index (χ0) is 25.7. The van der Waals surface area contributed by atoms with Crippen LogP contribution >= 0.6 is 11.6 Å². The van der Waals surface area contributed by atoms with Crippen molar-refractivity contribution in [3.8, 4) is 0 Å². The van der Waals surface area contributed by atoms with Crippen LogP contribution in [0.15, 0.2) is 83.9 Å². The van der Waals surface area contributed by atoms with Gasteiger partial charge in [-0.25, -0.2) is 9.36 Å². The summed E-state index contributed by atoms with van der Waals surface area (Å²) in [5, 5.41) is 0.469. The van der Waals surface area contributed by atoms with Gasteiger partial charge in [-0.05, 0) is 43.7 Å². The number of carbonyl (C=O) groups is 1. The third kappa shape index (κ3) is 5.50. The van der Waals surface area contributed by atoms with Crippen molar-refractivity contribution >= 4 is 23.2 Å². The molecule has 6 nitrogen and oxygen atoms in total. The van der Waals surface area contributed by atoms with E-state index in [1.165, 1.54) is 0 Å². The maximum atomic E-state index is 13.8. The minimum atomic E-state index is -0.323. The molecular weight excluding hydrogens is 472 g/mol. The number of halogens is 1. The van der Waals surface area contributed by atoms with Crippen LogP contribution < -0.4 is 15.9 Å². The maximum absolute atomic E-state index is 13.8. The normalized spacial score (nSPS) is 12.0. The molecule has 0 radical (unpaired) electrons. The molecule has 0 aliphatic heterocycles. The summed E-state index contributed by atoms with van der Waals surface area (Å²) < 4.78 is 3.61. The molecule has 0 aliphatic rings. The van der Waals surface area contributed by atoms with Crippen LogP contribution in [0.4, 0.5) is 0 Å². The fourth-order valence-electron chi connectivity index (χ4n) is 4.54. The first-order valence-electron chi connectivity index (χ1n) is 12.3. The molecule has 1 unspecified atom stereocenters. The van der Waals surface area contributed by atoms with Gasteiger partial charge in [-0.3, -0.25) is 9.69 Å². The van der Waals surface area contributed by atoms with E-state index >= 15 is 0 Å². The fourth-order valence-corrected chi connectivity index (χ4v) is 4.70. The number of hydrogen-bond acceptors (Lipinski definition) is 3. The SMILES string of the molecule is CCC(N(CCCN)C(=O)c1ccc(C)cc1)[n+]1cc(Cc2ccccc2)c(=O)n2cc(Cl)ccc21. The third-order valence-electron chi connectivity index (χ3n) is 6.39. The van der Waals surface area contributed by atoms with E-state index < -0.39 is 0 Å². The molecule has 2 aromatic carbocycles. The Balaban J connectivity index is 1.87. The number of nitrogens with two attached hydrogens (primary N) is 1. The molecule has 0 bridgehead atoms. The lowest BCUT2D eigenvalue weighted by atomic mass is 10.1. The number of amides is 1. The fraction of sp³-hybridized carbons (Fsp3) is 0.276. The highest BCUT2D eigenvalue weighted by Crippen LogP contribution is 2.19. The zero-order valence-electron chi connectivity index (χ0n) is 20.7. The smallest absolute Gasteiger partial charge is 0.330 e. The van der Waals surface area contributed by atoms with Gasteiger partial charge in [0.1, 0.15) is 12.4 Å².